The Bertz CT molecular complexity index is 437. The fraction of sp³-hybridized carbons (Fsp3) is 0.308. The molecule has 0 unspecified atom stereocenters. The Morgan fingerprint density at radius 2 is 2.06 bits per heavy atom. The number of halogens is 1. The van der Waals surface area contributed by atoms with Crippen LogP contribution in [0, 0.1) is 11.8 Å². The molecule has 1 saturated carbocycles. The minimum Gasteiger partial charge on any atom is -0.349 e. The van der Waals surface area contributed by atoms with Gasteiger partial charge in [0.2, 0.25) is 0 Å². The van der Waals surface area contributed by atoms with E-state index in [-0.39, 0.29) is 5.91 Å². The van der Waals surface area contributed by atoms with E-state index >= 15 is 0 Å². The third-order valence-corrected chi connectivity index (χ3v) is 2.64. The second kappa shape index (κ2) is 5.18. The van der Waals surface area contributed by atoms with Crippen molar-refractivity contribution < 1.29 is 4.79 Å². The maximum Gasteiger partial charge on any atom is 0.251 e. The number of alkyl halides is 1. The summed E-state index contributed by atoms with van der Waals surface area (Å²) in [4.78, 5) is 11.7. The van der Waals surface area contributed by atoms with E-state index in [1.54, 1.807) is 0 Å². The van der Waals surface area contributed by atoms with Crippen molar-refractivity contribution in [3.8, 4) is 11.8 Å². The topological polar surface area (TPSA) is 29.1 Å². The summed E-state index contributed by atoms with van der Waals surface area (Å²) in [5.74, 6) is 5.92. The Balaban J connectivity index is 2.02. The maximum absolute atomic E-state index is 11.7. The molecule has 2 nitrogen and oxygen atoms in total. The highest BCUT2D eigenvalue weighted by Gasteiger charge is 2.23. The van der Waals surface area contributed by atoms with Crippen LogP contribution in [-0.4, -0.2) is 17.3 Å². The van der Waals surface area contributed by atoms with Gasteiger partial charge in [0.05, 0.1) is 5.33 Å². The van der Waals surface area contributed by atoms with Crippen LogP contribution < -0.4 is 5.32 Å². The van der Waals surface area contributed by atoms with Crippen molar-refractivity contribution in [1.82, 2.24) is 5.32 Å². The lowest BCUT2D eigenvalue weighted by Gasteiger charge is -2.02. The molecule has 0 bridgehead atoms. The van der Waals surface area contributed by atoms with Crippen molar-refractivity contribution in [2.24, 2.45) is 0 Å². The van der Waals surface area contributed by atoms with E-state index in [1.165, 1.54) is 0 Å². The van der Waals surface area contributed by atoms with Crippen molar-refractivity contribution in [2.75, 3.05) is 5.33 Å². The van der Waals surface area contributed by atoms with Crippen LogP contribution in [0.25, 0.3) is 0 Å². The fourth-order valence-electron chi connectivity index (χ4n) is 1.34. The van der Waals surface area contributed by atoms with Crippen LogP contribution >= 0.6 is 15.9 Å². The Morgan fingerprint density at radius 3 is 2.62 bits per heavy atom. The Hall–Kier alpha value is -1.27. The van der Waals surface area contributed by atoms with Gasteiger partial charge in [0.25, 0.3) is 5.91 Å². The number of rotatable bonds is 2. The van der Waals surface area contributed by atoms with Crippen LogP contribution in [0.15, 0.2) is 24.3 Å². The van der Waals surface area contributed by atoms with Gasteiger partial charge in [0, 0.05) is 17.2 Å². The number of hydrogen-bond donors (Lipinski definition) is 1. The zero-order chi connectivity index (χ0) is 11.4. The number of carbonyl (C=O) groups excluding carboxylic acids is 1. The lowest BCUT2D eigenvalue weighted by molar-refractivity contribution is 0.0951. The first-order valence-corrected chi connectivity index (χ1v) is 6.37. The molecule has 1 aliphatic carbocycles. The van der Waals surface area contributed by atoms with E-state index in [0.717, 1.165) is 18.4 Å². The summed E-state index contributed by atoms with van der Waals surface area (Å²) in [6.07, 6.45) is 2.22. The van der Waals surface area contributed by atoms with Gasteiger partial charge in [-0.05, 0) is 37.1 Å². The average Bonchev–Trinajstić information content (AvgIpc) is 3.11. The summed E-state index contributed by atoms with van der Waals surface area (Å²) in [6, 6.07) is 7.78. The third kappa shape index (κ3) is 3.11. The monoisotopic (exact) mass is 277 g/mol. The zero-order valence-corrected chi connectivity index (χ0v) is 10.4. The molecule has 0 spiro atoms. The average molecular weight is 278 g/mol. The summed E-state index contributed by atoms with van der Waals surface area (Å²) in [5, 5.41) is 3.61. The molecule has 0 saturated heterocycles. The van der Waals surface area contributed by atoms with Gasteiger partial charge in [-0.2, -0.15) is 0 Å². The van der Waals surface area contributed by atoms with E-state index in [4.69, 9.17) is 0 Å². The van der Waals surface area contributed by atoms with Gasteiger partial charge in [0.1, 0.15) is 0 Å². The van der Waals surface area contributed by atoms with Crippen LogP contribution in [0.5, 0.6) is 0 Å². The predicted octanol–water partition coefficient (Wildman–Crippen LogP) is 2.33. The quantitative estimate of drug-likeness (QED) is 0.653. The second-order valence-corrected chi connectivity index (χ2v) is 4.32. The Labute approximate surface area is 104 Å². The number of carbonyl (C=O) groups is 1. The molecule has 0 heterocycles. The summed E-state index contributed by atoms with van der Waals surface area (Å²) in [5.41, 5.74) is 1.64. The summed E-state index contributed by atoms with van der Waals surface area (Å²) >= 11 is 3.24. The summed E-state index contributed by atoms with van der Waals surface area (Å²) in [6.45, 7) is 0. The van der Waals surface area contributed by atoms with Crippen molar-refractivity contribution in [3.63, 3.8) is 0 Å². The van der Waals surface area contributed by atoms with Gasteiger partial charge in [-0.25, -0.2) is 0 Å². The lowest BCUT2D eigenvalue weighted by atomic mass is 10.1. The molecular formula is C13H12BrNO. The molecule has 82 valence electrons. The molecule has 16 heavy (non-hydrogen) atoms. The Morgan fingerprint density at radius 1 is 1.38 bits per heavy atom. The molecule has 1 fully saturated rings. The highest BCUT2D eigenvalue weighted by atomic mass is 79.9. The van der Waals surface area contributed by atoms with Crippen LogP contribution in [0.3, 0.4) is 0 Å². The molecule has 1 amide bonds. The third-order valence-electron chi connectivity index (χ3n) is 2.36. The van der Waals surface area contributed by atoms with E-state index in [9.17, 15) is 4.79 Å². The van der Waals surface area contributed by atoms with Crippen molar-refractivity contribution in [3.05, 3.63) is 35.4 Å². The van der Waals surface area contributed by atoms with Crippen LogP contribution in [-0.2, 0) is 0 Å². The van der Waals surface area contributed by atoms with E-state index in [2.05, 4.69) is 33.1 Å². The molecule has 0 radical (unpaired) electrons. The first-order valence-electron chi connectivity index (χ1n) is 5.25. The molecule has 0 aromatic heterocycles. The molecule has 1 aromatic rings. The molecule has 1 aliphatic rings. The normalized spacial score (nSPS) is 13.8. The Kier molecular flexibility index (Phi) is 3.63. The molecular weight excluding hydrogens is 266 g/mol. The van der Waals surface area contributed by atoms with Crippen LogP contribution in [0.1, 0.15) is 28.8 Å². The first kappa shape index (κ1) is 11.2. The minimum absolute atomic E-state index is 0.0162. The standard InChI is InChI=1S/C13H12BrNO/c14-9-1-2-10-3-5-11(6-4-10)13(16)15-12-7-8-12/h3-6,12H,7-9H2,(H,15,16). The van der Waals surface area contributed by atoms with Crippen molar-refractivity contribution in [2.45, 2.75) is 18.9 Å². The molecule has 1 aromatic carbocycles. The predicted molar refractivity (Wildman–Crippen MR) is 67.6 cm³/mol. The van der Waals surface area contributed by atoms with Gasteiger partial charge in [-0.3, -0.25) is 4.79 Å². The van der Waals surface area contributed by atoms with Crippen molar-refractivity contribution in [1.29, 1.82) is 0 Å². The number of amides is 1. The zero-order valence-electron chi connectivity index (χ0n) is 8.79. The number of hydrogen-bond acceptors (Lipinski definition) is 1. The molecule has 1 N–H and O–H groups in total. The smallest absolute Gasteiger partial charge is 0.251 e. The maximum atomic E-state index is 11.7. The summed E-state index contributed by atoms with van der Waals surface area (Å²) in [7, 11) is 0. The van der Waals surface area contributed by atoms with Crippen molar-refractivity contribution >= 4 is 21.8 Å². The summed E-state index contributed by atoms with van der Waals surface area (Å²) < 4.78 is 0. The number of nitrogens with one attached hydrogen (secondary N) is 1. The van der Waals surface area contributed by atoms with Crippen LogP contribution in [0.2, 0.25) is 0 Å². The highest BCUT2D eigenvalue weighted by Crippen LogP contribution is 2.19. The van der Waals surface area contributed by atoms with Gasteiger partial charge in [-0.1, -0.05) is 27.8 Å². The number of benzene rings is 1. The molecule has 3 heteroatoms. The second-order valence-electron chi connectivity index (χ2n) is 3.76. The molecule has 0 atom stereocenters. The van der Waals surface area contributed by atoms with Gasteiger partial charge >= 0.3 is 0 Å². The fourth-order valence-corrected chi connectivity index (χ4v) is 1.48. The first-order chi connectivity index (χ1) is 7.79. The SMILES string of the molecule is O=C(NC1CC1)c1ccc(C#CCBr)cc1. The minimum atomic E-state index is 0.0162. The highest BCUT2D eigenvalue weighted by molar-refractivity contribution is 9.09. The van der Waals surface area contributed by atoms with Gasteiger partial charge in [0.15, 0.2) is 0 Å². The lowest BCUT2D eigenvalue weighted by Crippen LogP contribution is -2.25. The van der Waals surface area contributed by atoms with E-state index in [0.29, 0.717) is 16.9 Å². The molecule has 2 rings (SSSR count). The van der Waals surface area contributed by atoms with Gasteiger partial charge < -0.3 is 5.32 Å². The molecule has 0 aliphatic heterocycles. The largest absolute Gasteiger partial charge is 0.349 e. The van der Waals surface area contributed by atoms with E-state index < -0.39 is 0 Å². The van der Waals surface area contributed by atoms with E-state index in [1.807, 2.05) is 24.3 Å². The van der Waals surface area contributed by atoms with Gasteiger partial charge in [-0.15, -0.1) is 0 Å². The van der Waals surface area contributed by atoms with Crippen LogP contribution in [0.4, 0.5) is 0 Å².